The van der Waals surface area contributed by atoms with Crippen molar-refractivity contribution >= 4 is 23.7 Å². The van der Waals surface area contributed by atoms with Crippen LogP contribution in [0.2, 0.25) is 0 Å². The fourth-order valence-electron chi connectivity index (χ4n) is 2.85. The summed E-state index contributed by atoms with van der Waals surface area (Å²) in [7, 11) is 0. The first-order chi connectivity index (χ1) is 12.5. The van der Waals surface area contributed by atoms with Gasteiger partial charge in [0.15, 0.2) is 5.69 Å². The number of fused-ring (bicyclic) bond motifs is 1. The molecule has 2 rings (SSSR count). The van der Waals surface area contributed by atoms with E-state index in [9.17, 15) is 19.5 Å². The number of allylic oxidation sites excluding steroid dienone is 1. The van der Waals surface area contributed by atoms with Crippen LogP contribution >= 0.6 is 11.6 Å². The van der Waals surface area contributed by atoms with Crippen LogP contribution in [0.15, 0.2) is 16.9 Å². The molecule has 0 saturated carbocycles. The molecule has 0 saturated heterocycles. The normalized spacial score (nSPS) is 14.0. The molecule has 0 fully saturated rings. The predicted octanol–water partition coefficient (Wildman–Crippen LogP) is 2.53. The van der Waals surface area contributed by atoms with Crippen LogP contribution in [0.3, 0.4) is 0 Å². The van der Waals surface area contributed by atoms with Crippen molar-refractivity contribution in [3.8, 4) is 0 Å². The van der Waals surface area contributed by atoms with Crippen molar-refractivity contribution in [3.63, 3.8) is 0 Å². The number of carbonyl (C=O) groups excluding carboxylic acids is 1. The molecule has 0 aromatic carbocycles. The number of hydrogen-bond donors (Lipinski definition) is 1. The lowest BCUT2D eigenvalue weighted by atomic mass is 9.93. The largest absolute Gasteiger partial charge is 0.477 e. The van der Waals surface area contributed by atoms with E-state index in [0.29, 0.717) is 12.0 Å². The number of alkyl halides is 1. The fourth-order valence-corrected chi connectivity index (χ4v) is 2.94. The van der Waals surface area contributed by atoms with Gasteiger partial charge in [0.25, 0.3) is 0 Å². The SMILES string of the molecule is C=C(CCl)Cn1c(C(=O)O)c2n(c1=O)CCN(C(=O)OCCC(C)(C)C)C2. The lowest BCUT2D eigenvalue weighted by Crippen LogP contribution is -2.41. The molecule has 0 radical (unpaired) electrons. The Labute approximate surface area is 163 Å². The topological polar surface area (TPSA) is 93.8 Å². The van der Waals surface area contributed by atoms with Crippen molar-refractivity contribution < 1.29 is 19.4 Å². The highest BCUT2D eigenvalue weighted by Crippen LogP contribution is 2.20. The highest BCUT2D eigenvalue weighted by atomic mass is 35.5. The monoisotopic (exact) mass is 399 g/mol. The van der Waals surface area contributed by atoms with Crippen molar-refractivity contribution in [1.82, 2.24) is 14.0 Å². The Morgan fingerprint density at radius 1 is 1.30 bits per heavy atom. The van der Waals surface area contributed by atoms with Crippen LogP contribution in [0.1, 0.15) is 43.4 Å². The van der Waals surface area contributed by atoms with Gasteiger partial charge in [0.05, 0.1) is 18.8 Å². The lowest BCUT2D eigenvalue weighted by Gasteiger charge is -2.28. The minimum atomic E-state index is -1.23. The summed E-state index contributed by atoms with van der Waals surface area (Å²) in [6, 6.07) is 0. The van der Waals surface area contributed by atoms with E-state index in [4.69, 9.17) is 16.3 Å². The second-order valence-electron chi connectivity index (χ2n) is 7.85. The van der Waals surface area contributed by atoms with Crippen molar-refractivity contribution in [2.75, 3.05) is 19.0 Å². The van der Waals surface area contributed by atoms with Gasteiger partial charge in [0.1, 0.15) is 0 Å². The number of carboxylic acid groups (broad SMARTS) is 1. The number of aromatic carboxylic acids is 1. The number of carboxylic acids is 1. The first-order valence-electron chi connectivity index (χ1n) is 8.75. The molecule has 0 spiro atoms. The Morgan fingerprint density at radius 3 is 2.52 bits per heavy atom. The number of amides is 1. The summed E-state index contributed by atoms with van der Waals surface area (Å²) in [6.07, 6.45) is 0.210. The average molecular weight is 400 g/mol. The molecule has 0 bridgehead atoms. The third-order valence-electron chi connectivity index (χ3n) is 4.37. The zero-order valence-corrected chi connectivity index (χ0v) is 16.7. The number of hydrogen-bond acceptors (Lipinski definition) is 4. The fraction of sp³-hybridized carbons (Fsp3) is 0.611. The maximum Gasteiger partial charge on any atom is 0.410 e. The zero-order chi connectivity index (χ0) is 20.4. The molecule has 9 heteroatoms. The van der Waals surface area contributed by atoms with E-state index in [1.807, 2.05) is 0 Å². The molecule has 1 aliphatic rings. The second-order valence-corrected chi connectivity index (χ2v) is 8.12. The summed E-state index contributed by atoms with van der Waals surface area (Å²) >= 11 is 5.72. The highest BCUT2D eigenvalue weighted by molar-refractivity contribution is 6.19. The summed E-state index contributed by atoms with van der Waals surface area (Å²) in [4.78, 5) is 38.1. The summed E-state index contributed by atoms with van der Waals surface area (Å²) in [5, 5.41) is 9.61. The molecule has 1 aromatic heterocycles. The Hall–Kier alpha value is -2.22. The molecule has 150 valence electrons. The molecular formula is C18H26ClN3O5. The predicted molar refractivity (Wildman–Crippen MR) is 101 cm³/mol. The van der Waals surface area contributed by atoms with Crippen molar-refractivity contribution in [2.24, 2.45) is 5.41 Å². The molecule has 0 aliphatic carbocycles. The van der Waals surface area contributed by atoms with Crippen LogP contribution in [-0.4, -0.2) is 50.2 Å². The number of aromatic nitrogens is 2. The smallest absolute Gasteiger partial charge is 0.410 e. The average Bonchev–Trinajstić information content (AvgIpc) is 2.85. The Bertz CT molecular complexity index is 803. The number of halogens is 1. The van der Waals surface area contributed by atoms with Gasteiger partial charge in [-0.1, -0.05) is 27.4 Å². The highest BCUT2D eigenvalue weighted by Gasteiger charge is 2.31. The zero-order valence-electron chi connectivity index (χ0n) is 16.0. The number of imidazole rings is 1. The Morgan fingerprint density at radius 2 is 1.96 bits per heavy atom. The number of carbonyl (C=O) groups is 2. The summed E-state index contributed by atoms with van der Waals surface area (Å²) in [6.45, 7) is 10.7. The van der Waals surface area contributed by atoms with Crippen molar-refractivity contribution in [1.29, 1.82) is 0 Å². The van der Waals surface area contributed by atoms with E-state index < -0.39 is 17.8 Å². The van der Waals surface area contributed by atoms with Gasteiger partial charge in [-0.15, -0.1) is 11.6 Å². The van der Waals surface area contributed by atoms with Gasteiger partial charge in [0, 0.05) is 25.5 Å². The molecule has 1 N–H and O–H groups in total. The standard InChI is InChI=1S/C18H26ClN3O5/c1-12(9-19)10-22-14(15(23)24)13-11-20(6-7-21(13)16(22)25)17(26)27-8-5-18(2,3)4/h1,5-11H2,2-4H3,(H,23,24). The van der Waals surface area contributed by atoms with Crippen LogP contribution in [0.25, 0.3) is 0 Å². The molecule has 1 amide bonds. The van der Waals surface area contributed by atoms with E-state index in [2.05, 4.69) is 27.4 Å². The molecule has 2 heterocycles. The number of rotatable bonds is 6. The van der Waals surface area contributed by atoms with E-state index in [1.54, 1.807) is 0 Å². The third kappa shape index (κ3) is 4.94. The third-order valence-corrected chi connectivity index (χ3v) is 4.75. The lowest BCUT2D eigenvalue weighted by molar-refractivity contribution is 0.0672. The molecular weight excluding hydrogens is 374 g/mol. The van der Waals surface area contributed by atoms with E-state index >= 15 is 0 Å². The molecule has 1 aromatic rings. The van der Waals surface area contributed by atoms with Crippen LogP contribution < -0.4 is 5.69 Å². The molecule has 0 atom stereocenters. The van der Waals surface area contributed by atoms with Crippen molar-refractivity contribution in [3.05, 3.63) is 34.0 Å². The first-order valence-corrected chi connectivity index (χ1v) is 9.28. The maximum absolute atomic E-state index is 12.6. The summed E-state index contributed by atoms with van der Waals surface area (Å²) in [5.74, 6) is -1.11. The van der Waals surface area contributed by atoms with E-state index in [0.717, 1.165) is 4.57 Å². The Balaban J connectivity index is 2.22. The molecule has 8 nitrogen and oxygen atoms in total. The minimum absolute atomic E-state index is 0.00553. The minimum Gasteiger partial charge on any atom is -0.477 e. The van der Waals surface area contributed by atoms with Gasteiger partial charge in [-0.3, -0.25) is 9.13 Å². The van der Waals surface area contributed by atoms with Crippen LogP contribution in [-0.2, 0) is 24.4 Å². The quantitative estimate of drug-likeness (QED) is 0.586. The molecule has 1 aliphatic heterocycles. The van der Waals surface area contributed by atoms with Gasteiger partial charge in [0.2, 0.25) is 0 Å². The van der Waals surface area contributed by atoms with Crippen LogP contribution in [0.5, 0.6) is 0 Å². The molecule has 0 unspecified atom stereocenters. The summed E-state index contributed by atoms with van der Waals surface area (Å²) < 4.78 is 7.85. The van der Waals surface area contributed by atoms with Gasteiger partial charge in [-0.25, -0.2) is 14.4 Å². The Kier molecular flexibility index (Phi) is 6.41. The van der Waals surface area contributed by atoms with Crippen LogP contribution in [0, 0.1) is 5.41 Å². The van der Waals surface area contributed by atoms with E-state index in [1.165, 1.54) is 9.47 Å². The van der Waals surface area contributed by atoms with Gasteiger partial charge in [-0.2, -0.15) is 0 Å². The summed E-state index contributed by atoms with van der Waals surface area (Å²) in [5.41, 5.74) is 0.283. The first kappa shape index (κ1) is 21.1. The molecule has 27 heavy (non-hydrogen) atoms. The van der Waals surface area contributed by atoms with Gasteiger partial charge >= 0.3 is 17.8 Å². The number of nitrogens with zero attached hydrogens (tertiary/aromatic N) is 3. The van der Waals surface area contributed by atoms with E-state index in [-0.39, 0.29) is 55.5 Å². The maximum atomic E-state index is 12.6. The van der Waals surface area contributed by atoms with Gasteiger partial charge in [-0.05, 0) is 17.4 Å². The second kappa shape index (κ2) is 8.21. The van der Waals surface area contributed by atoms with Gasteiger partial charge < -0.3 is 14.7 Å². The van der Waals surface area contributed by atoms with Crippen molar-refractivity contribution in [2.45, 2.75) is 46.8 Å². The number of ether oxygens (including phenoxy) is 1. The van der Waals surface area contributed by atoms with Crippen LogP contribution in [0.4, 0.5) is 4.79 Å².